The maximum atomic E-state index is 13.1. The van der Waals surface area contributed by atoms with Gasteiger partial charge in [-0.1, -0.05) is 23.7 Å². The van der Waals surface area contributed by atoms with E-state index in [-0.39, 0.29) is 31.2 Å². The van der Waals surface area contributed by atoms with Crippen LogP contribution in [-0.2, 0) is 24.1 Å². The average molecular weight is 481 g/mol. The number of hydrogen-bond donors (Lipinski definition) is 0. The summed E-state index contributed by atoms with van der Waals surface area (Å²) in [5, 5.41) is 0.631. The Morgan fingerprint density at radius 1 is 1.06 bits per heavy atom. The summed E-state index contributed by atoms with van der Waals surface area (Å²) >= 11 is 6.45. The second-order valence-corrected chi connectivity index (χ2v) is 9.31. The molecule has 2 aromatic carbocycles. The molecule has 0 aromatic heterocycles. The SMILES string of the molecule is O=C1CC[C@@H]2CN(Cc3cc4c(cc3Cl)OCO4)CC[C@@H]2N1Cc1cccc(C(F)(F)F)c1. The van der Waals surface area contributed by atoms with Crippen molar-refractivity contribution in [3.05, 3.63) is 58.1 Å². The Labute approximate surface area is 195 Å². The molecule has 2 saturated heterocycles. The monoisotopic (exact) mass is 480 g/mol. The molecule has 176 valence electrons. The number of alkyl halides is 3. The lowest BCUT2D eigenvalue weighted by Crippen LogP contribution is -2.55. The number of benzene rings is 2. The molecule has 3 aliphatic heterocycles. The van der Waals surface area contributed by atoms with Gasteiger partial charge in [0.15, 0.2) is 11.5 Å². The number of carbonyl (C=O) groups is 1. The van der Waals surface area contributed by atoms with Crippen molar-refractivity contribution in [1.82, 2.24) is 9.80 Å². The zero-order chi connectivity index (χ0) is 23.2. The molecule has 3 aliphatic rings. The molecule has 0 unspecified atom stereocenters. The Bertz CT molecular complexity index is 1060. The molecular formula is C24H24ClF3N2O3. The van der Waals surface area contributed by atoms with Crippen LogP contribution in [0.15, 0.2) is 36.4 Å². The number of likely N-dealkylation sites (tertiary alicyclic amines) is 2. The summed E-state index contributed by atoms with van der Waals surface area (Å²) in [5.74, 6) is 1.63. The molecule has 33 heavy (non-hydrogen) atoms. The van der Waals surface area contributed by atoms with Gasteiger partial charge in [0.25, 0.3) is 0 Å². The number of nitrogens with zero attached hydrogens (tertiary/aromatic N) is 2. The molecule has 0 radical (unpaired) electrons. The van der Waals surface area contributed by atoms with Gasteiger partial charge >= 0.3 is 6.18 Å². The molecular weight excluding hydrogens is 457 g/mol. The van der Waals surface area contributed by atoms with E-state index in [2.05, 4.69) is 4.90 Å². The molecule has 3 heterocycles. The van der Waals surface area contributed by atoms with E-state index in [1.165, 1.54) is 6.07 Å². The number of piperidine rings is 2. The number of fused-ring (bicyclic) bond motifs is 2. The van der Waals surface area contributed by atoms with Crippen LogP contribution in [0, 0.1) is 5.92 Å². The number of rotatable bonds is 4. The van der Waals surface area contributed by atoms with E-state index >= 15 is 0 Å². The quantitative estimate of drug-likeness (QED) is 0.610. The minimum atomic E-state index is -4.40. The summed E-state index contributed by atoms with van der Waals surface area (Å²) in [4.78, 5) is 16.8. The molecule has 5 nitrogen and oxygen atoms in total. The first-order chi connectivity index (χ1) is 15.8. The minimum absolute atomic E-state index is 0.0147. The highest BCUT2D eigenvalue weighted by atomic mass is 35.5. The molecule has 2 aromatic rings. The van der Waals surface area contributed by atoms with Crippen molar-refractivity contribution >= 4 is 17.5 Å². The van der Waals surface area contributed by atoms with Crippen molar-refractivity contribution in [3.8, 4) is 11.5 Å². The fourth-order valence-corrected chi connectivity index (χ4v) is 5.35. The maximum absolute atomic E-state index is 13.1. The van der Waals surface area contributed by atoms with E-state index in [0.717, 1.165) is 43.6 Å². The number of hydrogen-bond acceptors (Lipinski definition) is 4. The van der Waals surface area contributed by atoms with Gasteiger partial charge in [0, 0.05) is 49.7 Å². The predicted octanol–water partition coefficient (Wildman–Crippen LogP) is 5.10. The normalized spacial score (nSPS) is 23.0. The van der Waals surface area contributed by atoms with Crippen molar-refractivity contribution in [2.45, 2.75) is 44.6 Å². The second kappa shape index (κ2) is 8.72. The first-order valence-corrected chi connectivity index (χ1v) is 11.4. The topological polar surface area (TPSA) is 42.0 Å². The predicted molar refractivity (Wildman–Crippen MR) is 116 cm³/mol. The van der Waals surface area contributed by atoms with Gasteiger partial charge in [0.05, 0.1) is 5.56 Å². The largest absolute Gasteiger partial charge is 0.454 e. The maximum Gasteiger partial charge on any atom is 0.416 e. The van der Waals surface area contributed by atoms with Crippen molar-refractivity contribution in [2.24, 2.45) is 5.92 Å². The fraction of sp³-hybridized carbons (Fsp3) is 0.458. The highest BCUT2D eigenvalue weighted by Gasteiger charge is 2.39. The van der Waals surface area contributed by atoms with E-state index in [4.69, 9.17) is 21.1 Å². The molecule has 5 rings (SSSR count). The Hall–Kier alpha value is -2.45. The molecule has 2 atom stereocenters. The molecule has 0 bridgehead atoms. The Balaban J connectivity index is 1.27. The highest BCUT2D eigenvalue weighted by Crippen LogP contribution is 2.39. The first-order valence-electron chi connectivity index (χ1n) is 11.0. The Morgan fingerprint density at radius 3 is 2.64 bits per heavy atom. The summed E-state index contributed by atoms with van der Waals surface area (Å²) in [6.45, 7) is 2.65. The molecule has 0 saturated carbocycles. The van der Waals surface area contributed by atoms with E-state index < -0.39 is 11.7 Å². The lowest BCUT2D eigenvalue weighted by atomic mass is 9.83. The van der Waals surface area contributed by atoms with Crippen LogP contribution in [0.5, 0.6) is 11.5 Å². The standard InChI is InChI=1S/C24H24ClF3N2O3/c25-19-10-22-21(32-14-33-22)9-17(19)13-29-7-6-20-16(12-29)4-5-23(31)30(20)11-15-2-1-3-18(8-15)24(26,27)28/h1-3,8-10,16,20H,4-7,11-14H2/t16-,20+/m1/s1. The summed E-state index contributed by atoms with van der Waals surface area (Å²) in [6.07, 6.45) is -2.42. The molecule has 0 aliphatic carbocycles. The van der Waals surface area contributed by atoms with Crippen molar-refractivity contribution < 1.29 is 27.4 Å². The molecule has 2 fully saturated rings. The van der Waals surface area contributed by atoms with Crippen LogP contribution >= 0.6 is 11.6 Å². The smallest absolute Gasteiger partial charge is 0.416 e. The summed E-state index contributed by atoms with van der Waals surface area (Å²) in [7, 11) is 0. The van der Waals surface area contributed by atoms with Crippen molar-refractivity contribution in [3.63, 3.8) is 0 Å². The zero-order valence-electron chi connectivity index (χ0n) is 17.9. The number of ether oxygens (including phenoxy) is 2. The number of carbonyl (C=O) groups excluding carboxylic acids is 1. The zero-order valence-corrected chi connectivity index (χ0v) is 18.7. The lowest BCUT2D eigenvalue weighted by molar-refractivity contribution is -0.142. The van der Waals surface area contributed by atoms with Gasteiger partial charge in [-0.15, -0.1) is 0 Å². The average Bonchev–Trinajstić information content (AvgIpc) is 3.23. The molecule has 0 N–H and O–H groups in total. The second-order valence-electron chi connectivity index (χ2n) is 8.91. The van der Waals surface area contributed by atoms with E-state index in [9.17, 15) is 18.0 Å². The third-order valence-corrected chi connectivity index (χ3v) is 7.12. The van der Waals surface area contributed by atoms with Crippen LogP contribution in [0.4, 0.5) is 13.2 Å². The van der Waals surface area contributed by atoms with Crippen molar-refractivity contribution in [2.75, 3.05) is 19.9 Å². The van der Waals surface area contributed by atoms with E-state index in [1.807, 2.05) is 6.07 Å². The van der Waals surface area contributed by atoms with Gasteiger partial charge in [-0.25, -0.2) is 0 Å². The summed E-state index contributed by atoms with van der Waals surface area (Å²) < 4.78 is 50.2. The van der Waals surface area contributed by atoms with Gasteiger partial charge in [0.2, 0.25) is 12.7 Å². The minimum Gasteiger partial charge on any atom is -0.454 e. The third kappa shape index (κ3) is 4.64. The van der Waals surface area contributed by atoms with E-state index in [0.29, 0.717) is 35.1 Å². The van der Waals surface area contributed by atoms with Crippen LogP contribution in [0.1, 0.15) is 36.0 Å². The van der Waals surface area contributed by atoms with Crippen LogP contribution in [0.2, 0.25) is 5.02 Å². The van der Waals surface area contributed by atoms with Crippen LogP contribution < -0.4 is 9.47 Å². The van der Waals surface area contributed by atoms with Crippen molar-refractivity contribution in [1.29, 1.82) is 0 Å². The molecule has 9 heteroatoms. The van der Waals surface area contributed by atoms with Gasteiger partial charge in [-0.05, 0) is 48.1 Å². The molecule has 1 amide bonds. The first kappa shape index (κ1) is 22.3. The fourth-order valence-electron chi connectivity index (χ4n) is 5.14. The van der Waals surface area contributed by atoms with E-state index in [1.54, 1.807) is 17.0 Å². The Morgan fingerprint density at radius 2 is 1.85 bits per heavy atom. The van der Waals surface area contributed by atoms with Gasteiger partial charge < -0.3 is 14.4 Å². The van der Waals surface area contributed by atoms with Gasteiger partial charge in [0.1, 0.15) is 0 Å². The van der Waals surface area contributed by atoms with Crippen LogP contribution in [-0.4, -0.2) is 41.6 Å². The summed E-state index contributed by atoms with van der Waals surface area (Å²) in [5.41, 5.74) is 0.789. The number of halogens is 4. The van der Waals surface area contributed by atoms with Crippen LogP contribution in [0.3, 0.4) is 0 Å². The lowest BCUT2D eigenvalue weighted by Gasteiger charge is -2.47. The summed E-state index contributed by atoms with van der Waals surface area (Å²) in [6, 6.07) is 9.00. The molecule has 0 spiro atoms. The third-order valence-electron chi connectivity index (χ3n) is 6.77. The van der Waals surface area contributed by atoms with Crippen LogP contribution in [0.25, 0.3) is 0 Å². The highest BCUT2D eigenvalue weighted by molar-refractivity contribution is 6.31. The van der Waals surface area contributed by atoms with Gasteiger partial charge in [-0.3, -0.25) is 9.69 Å². The number of amides is 1. The Kier molecular flexibility index (Phi) is 5.91. The van der Waals surface area contributed by atoms with Gasteiger partial charge in [-0.2, -0.15) is 13.2 Å².